The summed E-state index contributed by atoms with van der Waals surface area (Å²) in [6.07, 6.45) is 1.89. The Morgan fingerprint density at radius 2 is 1.89 bits per heavy atom. The van der Waals surface area contributed by atoms with Gasteiger partial charge >= 0.3 is 0 Å². The maximum atomic E-state index is 13.1. The number of fused-ring (bicyclic) bond motifs is 1. The molecule has 0 bridgehead atoms. The van der Waals surface area contributed by atoms with Crippen LogP contribution in [0.4, 0.5) is 0 Å². The van der Waals surface area contributed by atoms with E-state index in [1.165, 1.54) is 5.56 Å². The predicted molar refractivity (Wildman–Crippen MR) is 142 cm³/mol. The van der Waals surface area contributed by atoms with Crippen LogP contribution in [0.3, 0.4) is 0 Å². The number of ketones is 1. The highest BCUT2D eigenvalue weighted by Gasteiger charge is 2.31. The van der Waals surface area contributed by atoms with E-state index >= 15 is 0 Å². The summed E-state index contributed by atoms with van der Waals surface area (Å²) in [4.78, 5) is 17.9. The SMILES string of the molecule is CC(=O)[C@@H](OC(C)(C)C)c1c(C)cc2c(C#N)c(C)ccc2c1-c1ccc2c3c(ccnc13)CCO2. The molecule has 0 aliphatic carbocycles. The van der Waals surface area contributed by atoms with Gasteiger partial charge in [-0.1, -0.05) is 12.1 Å². The van der Waals surface area contributed by atoms with Crippen LogP contribution in [0.15, 0.2) is 42.6 Å². The third-order valence-corrected chi connectivity index (χ3v) is 6.83. The fourth-order valence-corrected chi connectivity index (χ4v) is 5.31. The minimum Gasteiger partial charge on any atom is -0.493 e. The molecule has 2 heterocycles. The van der Waals surface area contributed by atoms with Gasteiger partial charge in [0, 0.05) is 29.0 Å². The van der Waals surface area contributed by atoms with Crippen LogP contribution in [0.5, 0.6) is 5.75 Å². The quantitative estimate of drug-likeness (QED) is 0.318. The molecule has 0 N–H and O–H groups in total. The van der Waals surface area contributed by atoms with Gasteiger partial charge in [0.2, 0.25) is 0 Å². The number of nitrogens with zero attached hydrogens (tertiary/aromatic N) is 2. The van der Waals surface area contributed by atoms with Crippen LogP contribution in [0.25, 0.3) is 32.8 Å². The molecular formula is C31H30N2O3. The van der Waals surface area contributed by atoms with Crippen molar-refractivity contribution in [1.29, 1.82) is 5.26 Å². The number of aromatic nitrogens is 1. The number of benzene rings is 3. The van der Waals surface area contributed by atoms with Gasteiger partial charge in [-0.05, 0) is 99.0 Å². The minimum atomic E-state index is -0.765. The Hall–Kier alpha value is -3.75. The number of aryl methyl sites for hydroxylation is 2. The number of nitriles is 1. The van der Waals surface area contributed by atoms with E-state index in [4.69, 9.17) is 14.5 Å². The summed E-state index contributed by atoms with van der Waals surface area (Å²) in [6.45, 7) is 12.0. The number of hydrogen-bond acceptors (Lipinski definition) is 5. The summed E-state index contributed by atoms with van der Waals surface area (Å²) < 4.78 is 12.4. The Morgan fingerprint density at radius 3 is 2.58 bits per heavy atom. The molecule has 36 heavy (non-hydrogen) atoms. The molecule has 5 nitrogen and oxygen atoms in total. The number of rotatable bonds is 4. The van der Waals surface area contributed by atoms with E-state index in [1.54, 1.807) is 6.92 Å². The lowest BCUT2D eigenvalue weighted by Gasteiger charge is -2.30. The number of pyridine rings is 1. The lowest BCUT2D eigenvalue weighted by molar-refractivity contribution is -0.138. The molecule has 5 heteroatoms. The molecule has 3 aromatic carbocycles. The van der Waals surface area contributed by atoms with Crippen LogP contribution in [-0.4, -0.2) is 23.0 Å². The van der Waals surface area contributed by atoms with Crippen LogP contribution in [0, 0.1) is 25.2 Å². The van der Waals surface area contributed by atoms with Crippen LogP contribution in [0.1, 0.15) is 61.6 Å². The van der Waals surface area contributed by atoms with E-state index in [1.807, 2.05) is 77.2 Å². The van der Waals surface area contributed by atoms with Crippen molar-refractivity contribution >= 4 is 27.5 Å². The summed E-state index contributed by atoms with van der Waals surface area (Å²) in [7, 11) is 0. The van der Waals surface area contributed by atoms with Crippen LogP contribution >= 0.6 is 0 Å². The number of hydrogen-bond donors (Lipinski definition) is 0. The lowest BCUT2D eigenvalue weighted by atomic mass is 9.83. The molecule has 1 aromatic heterocycles. The van der Waals surface area contributed by atoms with Gasteiger partial charge in [-0.2, -0.15) is 5.26 Å². The average molecular weight is 479 g/mol. The van der Waals surface area contributed by atoms with Crippen molar-refractivity contribution in [2.45, 2.75) is 59.7 Å². The van der Waals surface area contributed by atoms with E-state index in [-0.39, 0.29) is 5.78 Å². The molecule has 0 saturated carbocycles. The first-order valence-corrected chi connectivity index (χ1v) is 12.3. The topological polar surface area (TPSA) is 72.2 Å². The van der Waals surface area contributed by atoms with E-state index in [0.29, 0.717) is 12.2 Å². The maximum absolute atomic E-state index is 13.1. The molecule has 0 saturated heterocycles. The lowest BCUT2D eigenvalue weighted by Crippen LogP contribution is -2.27. The molecule has 0 amide bonds. The number of ether oxygens (including phenoxy) is 2. The van der Waals surface area contributed by atoms with Gasteiger partial charge in [-0.3, -0.25) is 9.78 Å². The third kappa shape index (κ3) is 3.92. The Labute approximate surface area is 211 Å². The van der Waals surface area contributed by atoms with Crippen LogP contribution in [0.2, 0.25) is 0 Å². The van der Waals surface area contributed by atoms with Gasteiger partial charge in [-0.25, -0.2) is 0 Å². The molecule has 0 unspecified atom stereocenters. The second-order valence-electron chi connectivity index (χ2n) is 10.6. The second-order valence-corrected chi connectivity index (χ2v) is 10.6. The summed E-state index contributed by atoms with van der Waals surface area (Å²) in [5.41, 5.74) is 6.55. The number of Topliss-reactive ketones (excluding diaryl/α,β-unsaturated/α-hetero) is 1. The van der Waals surface area contributed by atoms with E-state index in [2.05, 4.69) is 6.07 Å². The monoisotopic (exact) mass is 478 g/mol. The van der Waals surface area contributed by atoms with E-state index in [0.717, 1.165) is 61.7 Å². The maximum Gasteiger partial charge on any atom is 0.163 e. The normalized spacial score (nSPS) is 13.9. The summed E-state index contributed by atoms with van der Waals surface area (Å²) in [5, 5.41) is 12.8. The van der Waals surface area contributed by atoms with E-state index < -0.39 is 11.7 Å². The zero-order valence-corrected chi connectivity index (χ0v) is 21.7. The molecule has 1 aliphatic rings. The van der Waals surface area contributed by atoms with Gasteiger partial charge in [0.05, 0.1) is 23.3 Å². The van der Waals surface area contributed by atoms with Crippen molar-refractivity contribution in [2.75, 3.05) is 6.61 Å². The molecule has 1 aliphatic heterocycles. The molecule has 0 spiro atoms. The van der Waals surface area contributed by atoms with Gasteiger partial charge in [0.25, 0.3) is 0 Å². The van der Waals surface area contributed by atoms with Gasteiger partial charge < -0.3 is 9.47 Å². The number of carbonyl (C=O) groups excluding carboxylic acids is 1. The Morgan fingerprint density at radius 1 is 1.11 bits per heavy atom. The number of carbonyl (C=O) groups is 1. The second kappa shape index (κ2) is 8.72. The van der Waals surface area contributed by atoms with Gasteiger partial charge in [0.1, 0.15) is 17.9 Å². The zero-order chi connectivity index (χ0) is 25.8. The summed E-state index contributed by atoms with van der Waals surface area (Å²) in [6, 6.07) is 14.5. The van der Waals surface area contributed by atoms with Crippen molar-refractivity contribution in [3.05, 3.63) is 70.4 Å². The summed E-state index contributed by atoms with van der Waals surface area (Å²) in [5.74, 6) is 0.754. The van der Waals surface area contributed by atoms with E-state index in [9.17, 15) is 10.1 Å². The van der Waals surface area contributed by atoms with Crippen molar-refractivity contribution in [1.82, 2.24) is 4.98 Å². The molecule has 0 radical (unpaired) electrons. The predicted octanol–water partition coefficient (Wildman–Crippen LogP) is 6.92. The molecule has 4 aromatic rings. The average Bonchev–Trinajstić information content (AvgIpc) is 2.82. The fourth-order valence-electron chi connectivity index (χ4n) is 5.31. The van der Waals surface area contributed by atoms with Gasteiger partial charge in [-0.15, -0.1) is 0 Å². The van der Waals surface area contributed by atoms with Crippen LogP contribution < -0.4 is 4.74 Å². The summed E-state index contributed by atoms with van der Waals surface area (Å²) >= 11 is 0. The van der Waals surface area contributed by atoms with Crippen molar-refractivity contribution < 1.29 is 14.3 Å². The minimum absolute atomic E-state index is 0.0692. The molecule has 1 atom stereocenters. The van der Waals surface area contributed by atoms with Crippen molar-refractivity contribution in [3.63, 3.8) is 0 Å². The fraction of sp³-hybridized carbons (Fsp3) is 0.323. The Balaban J connectivity index is 1.96. The first-order valence-electron chi connectivity index (χ1n) is 12.3. The molecule has 5 rings (SSSR count). The standard InChI is InChI=1S/C31H30N2O3/c1-17-7-8-21-23(24(17)16-32)15-18(2)26(30(19(3)34)36-31(4,5)6)28(21)22-9-10-25-27-20(12-14-35-25)11-13-33-29(22)27/h7-11,13,15,30H,12,14H2,1-6H3/t30-/m1/s1. The van der Waals surface area contributed by atoms with Gasteiger partial charge in [0.15, 0.2) is 5.78 Å². The molecule has 0 fully saturated rings. The van der Waals surface area contributed by atoms with Crippen molar-refractivity contribution in [3.8, 4) is 22.9 Å². The van der Waals surface area contributed by atoms with Crippen LogP contribution in [-0.2, 0) is 16.0 Å². The zero-order valence-electron chi connectivity index (χ0n) is 21.7. The molecule has 182 valence electrons. The highest BCUT2D eigenvalue weighted by Crippen LogP contribution is 2.45. The third-order valence-electron chi connectivity index (χ3n) is 6.83. The molecular weight excluding hydrogens is 448 g/mol. The smallest absolute Gasteiger partial charge is 0.163 e. The highest BCUT2D eigenvalue weighted by atomic mass is 16.5. The Kier molecular flexibility index (Phi) is 5.81. The first-order chi connectivity index (χ1) is 17.1. The van der Waals surface area contributed by atoms with Crippen molar-refractivity contribution in [2.24, 2.45) is 0 Å². The Bertz CT molecular complexity index is 1580. The highest BCUT2D eigenvalue weighted by molar-refractivity contribution is 6.10. The largest absolute Gasteiger partial charge is 0.493 e. The first kappa shape index (κ1) is 24.0.